The summed E-state index contributed by atoms with van der Waals surface area (Å²) in [4.78, 5) is 9.23. The average molecular weight is 498 g/mol. The number of methoxy groups -OCH3 is 1. The fraction of sp³-hybridized carbons (Fsp3) is 0.0667. The number of para-hydroxylation sites is 3. The maximum Gasteiger partial charge on any atom is 0.168 e. The number of rotatable bonds is 5. The van der Waals surface area contributed by atoms with Gasteiger partial charge in [0.15, 0.2) is 5.82 Å². The molecule has 7 aromatic rings. The first-order valence-electron chi connectivity index (χ1n) is 12.3. The van der Waals surface area contributed by atoms with Gasteiger partial charge in [-0.05, 0) is 66.6 Å². The number of imidazole rings is 1. The molecule has 4 aromatic heterocycles. The van der Waals surface area contributed by atoms with Crippen molar-refractivity contribution in [3.63, 3.8) is 0 Å². The third kappa shape index (κ3) is 3.46. The zero-order valence-corrected chi connectivity index (χ0v) is 20.9. The SMILES string of the molecule is COc1ccc(-c2cc(-c3c(C)nn(-c4ccccc4)c3-n3cncn3)n3c(c2)nc2ccccc23)cc1. The quantitative estimate of drug-likeness (QED) is 0.296. The lowest BCUT2D eigenvalue weighted by molar-refractivity contribution is 0.415. The van der Waals surface area contributed by atoms with E-state index in [0.717, 1.165) is 62.0 Å². The van der Waals surface area contributed by atoms with Crippen LogP contribution in [-0.4, -0.2) is 41.0 Å². The number of nitrogens with zero attached hydrogens (tertiary/aromatic N) is 7. The molecule has 38 heavy (non-hydrogen) atoms. The van der Waals surface area contributed by atoms with Gasteiger partial charge >= 0.3 is 0 Å². The van der Waals surface area contributed by atoms with Crippen molar-refractivity contribution < 1.29 is 4.74 Å². The van der Waals surface area contributed by atoms with Gasteiger partial charge in [0.2, 0.25) is 0 Å². The Morgan fingerprint density at radius 3 is 2.37 bits per heavy atom. The fourth-order valence-corrected chi connectivity index (χ4v) is 5.01. The van der Waals surface area contributed by atoms with Crippen LogP contribution in [0.1, 0.15) is 5.69 Å². The van der Waals surface area contributed by atoms with E-state index in [0.29, 0.717) is 0 Å². The Bertz CT molecular complexity index is 1900. The number of aromatic nitrogens is 7. The first-order chi connectivity index (χ1) is 18.7. The maximum atomic E-state index is 5.38. The lowest BCUT2D eigenvalue weighted by atomic mass is 10.0. The molecule has 0 saturated carbocycles. The minimum Gasteiger partial charge on any atom is -0.497 e. The second kappa shape index (κ2) is 8.70. The van der Waals surface area contributed by atoms with E-state index in [1.165, 1.54) is 6.33 Å². The van der Waals surface area contributed by atoms with Crippen LogP contribution in [-0.2, 0) is 0 Å². The molecule has 0 saturated heterocycles. The number of hydrogen-bond acceptors (Lipinski definition) is 5. The predicted octanol–water partition coefficient (Wildman–Crippen LogP) is 5.90. The van der Waals surface area contributed by atoms with Crippen LogP contribution in [0.2, 0.25) is 0 Å². The molecule has 0 N–H and O–H groups in total. The van der Waals surface area contributed by atoms with E-state index in [4.69, 9.17) is 14.8 Å². The Morgan fingerprint density at radius 2 is 1.61 bits per heavy atom. The first kappa shape index (κ1) is 22.0. The highest BCUT2D eigenvalue weighted by atomic mass is 16.5. The smallest absolute Gasteiger partial charge is 0.168 e. The second-order valence-corrected chi connectivity index (χ2v) is 9.02. The number of pyridine rings is 1. The van der Waals surface area contributed by atoms with Crippen molar-refractivity contribution in [3.8, 4) is 39.6 Å². The van der Waals surface area contributed by atoms with Crippen LogP contribution in [0.3, 0.4) is 0 Å². The highest BCUT2D eigenvalue weighted by Gasteiger charge is 2.24. The van der Waals surface area contributed by atoms with Gasteiger partial charge in [-0.1, -0.05) is 42.5 Å². The van der Waals surface area contributed by atoms with Gasteiger partial charge in [-0.2, -0.15) is 10.2 Å². The molecule has 0 aliphatic rings. The Hall–Kier alpha value is -5.24. The van der Waals surface area contributed by atoms with E-state index >= 15 is 0 Å². The molecule has 7 rings (SSSR count). The molecule has 0 spiro atoms. The highest BCUT2D eigenvalue weighted by molar-refractivity contribution is 5.88. The van der Waals surface area contributed by atoms with Gasteiger partial charge in [-0.3, -0.25) is 4.40 Å². The van der Waals surface area contributed by atoms with Crippen LogP contribution in [0, 0.1) is 6.92 Å². The van der Waals surface area contributed by atoms with E-state index in [1.54, 1.807) is 18.1 Å². The minimum atomic E-state index is 0.803. The summed E-state index contributed by atoms with van der Waals surface area (Å²) in [7, 11) is 1.67. The molecule has 0 aliphatic heterocycles. The second-order valence-electron chi connectivity index (χ2n) is 9.02. The van der Waals surface area contributed by atoms with Crippen LogP contribution in [0.5, 0.6) is 5.75 Å². The highest BCUT2D eigenvalue weighted by Crippen LogP contribution is 2.37. The van der Waals surface area contributed by atoms with E-state index < -0.39 is 0 Å². The Balaban J connectivity index is 1.58. The van der Waals surface area contributed by atoms with E-state index in [2.05, 4.69) is 44.8 Å². The van der Waals surface area contributed by atoms with E-state index in [-0.39, 0.29) is 0 Å². The van der Waals surface area contributed by atoms with Crippen molar-refractivity contribution in [3.05, 3.63) is 109 Å². The van der Waals surface area contributed by atoms with Crippen molar-refractivity contribution in [2.24, 2.45) is 0 Å². The third-order valence-corrected chi connectivity index (χ3v) is 6.76. The van der Waals surface area contributed by atoms with Gasteiger partial charge in [0.05, 0.1) is 40.8 Å². The van der Waals surface area contributed by atoms with Crippen molar-refractivity contribution in [1.29, 1.82) is 0 Å². The number of benzene rings is 3. The summed E-state index contributed by atoms with van der Waals surface area (Å²) >= 11 is 0. The average Bonchev–Trinajstić information content (AvgIpc) is 3.70. The summed E-state index contributed by atoms with van der Waals surface area (Å²) < 4.78 is 11.3. The van der Waals surface area contributed by atoms with Crippen molar-refractivity contribution in [2.75, 3.05) is 7.11 Å². The monoisotopic (exact) mass is 497 g/mol. The summed E-state index contributed by atoms with van der Waals surface area (Å²) in [6.45, 7) is 2.03. The van der Waals surface area contributed by atoms with Gasteiger partial charge in [0.25, 0.3) is 0 Å². The molecule has 0 atom stereocenters. The van der Waals surface area contributed by atoms with Crippen LogP contribution >= 0.6 is 0 Å². The van der Waals surface area contributed by atoms with Crippen LogP contribution in [0.15, 0.2) is 104 Å². The van der Waals surface area contributed by atoms with Crippen LogP contribution in [0.25, 0.3) is 50.6 Å². The standard InChI is InChI=1S/C30H23N7O/c1-20-29(30(35-19-31-18-32-35)37(34-20)23-8-4-3-5-9-23)27-16-22(21-12-14-24(38-2)15-13-21)17-28-33-25-10-6-7-11-26(25)36(27)28/h3-19H,1-2H3. The number of aryl methyl sites for hydroxylation is 1. The van der Waals surface area contributed by atoms with Gasteiger partial charge in [0, 0.05) is 0 Å². The van der Waals surface area contributed by atoms with Crippen molar-refractivity contribution in [2.45, 2.75) is 6.92 Å². The Labute approximate surface area is 218 Å². The van der Waals surface area contributed by atoms with Gasteiger partial charge in [-0.15, -0.1) is 0 Å². The van der Waals surface area contributed by atoms with Crippen molar-refractivity contribution in [1.82, 2.24) is 33.9 Å². The topological polar surface area (TPSA) is 75.1 Å². The van der Waals surface area contributed by atoms with Gasteiger partial charge in [0.1, 0.15) is 24.1 Å². The van der Waals surface area contributed by atoms with Crippen LogP contribution in [0.4, 0.5) is 0 Å². The summed E-state index contributed by atoms with van der Waals surface area (Å²) in [6.07, 6.45) is 3.24. The molecule has 0 aliphatic carbocycles. The number of fused-ring (bicyclic) bond motifs is 3. The molecule has 0 bridgehead atoms. The normalized spacial score (nSPS) is 11.4. The number of hydrogen-bond donors (Lipinski definition) is 0. The molecule has 184 valence electrons. The summed E-state index contributed by atoms with van der Waals surface area (Å²) in [6, 6.07) is 30.7. The zero-order valence-electron chi connectivity index (χ0n) is 20.9. The van der Waals surface area contributed by atoms with Crippen molar-refractivity contribution >= 4 is 16.7 Å². The van der Waals surface area contributed by atoms with Crippen LogP contribution < -0.4 is 4.74 Å². The molecule has 3 aromatic carbocycles. The maximum absolute atomic E-state index is 5.38. The van der Waals surface area contributed by atoms with E-state index in [9.17, 15) is 0 Å². The van der Waals surface area contributed by atoms with Gasteiger partial charge in [-0.25, -0.2) is 19.3 Å². The minimum absolute atomic E-state index is 0.803. The molecule has 8 heteroatoms. The predicted molar refractivity (Wildman–Crippen MR) is 147 cm³/mol. The largest absolute Gasteiger partial charge is 0.497 e. The summed E-state index contributed by atoms with van der Waals surface area (Å²) in [5, 5.41) is 9.50. The Kier molecular flexibility index (Phi) is 5.04. The van der Waals surface area contributed by atoms with Gasteiger partial charge < -0.3 is 4.74 Å². The molecule has 0 radical (unpaired) electrons. The molecule has 0 fully saturated rings. The molecular formula is C30H23N7O. The summed E-state index contributed by atoms with van der Waals surface area (Å²) in [5.41, 5.74) is 8.63. The van der Waals surface area contributed by atoms with E-state index in [1.807, 2.05) is 72.3 Å². The summed E-state index contributed by atoms with van der Waals surface area (Å²) in [5.74, 6) is 1.62. The number of ether oxygens (including phenoxy) is 1. The molecular weight excluding hydrogens is 474 g/mol. The lowest BCUT2D eigenvalue weighted by Crippen LogP contribution is -2.07. The lowest BCUT2D eigenvalue weighted by Gasteiger charge is -2.13. The molecule has 0 unspecified atom stereocenters. The molecule has 4 heterocycles. The third-order valence-electron chi connectivity index (χ3n) is 6.76. The molecule has 0 amide bonds. The zero-order chi connectivity index (χ0) is 25.6. The molecule has 8 nitrogen and oxygen atoms in total. The fourth-order valence-electron chi connectivity index (χ4n) is 5.01. The Morgan fingerprint density at radius 1 is 0.816 bits per heavy atom. The first-order valence-corrected chi connectivity index (χ1v) is 12.3.